The van der Waals surface area contributed by atoms with Crippen LogP contribution in [0.3, 0.4) is 0 Å². The summed E-state index contributed by atoms with van der Waals surface area (Å²) in [5, 5.41) is 0. The summed E-state index contributed by atoms with van der Waals surface area (Å²) in [5.74, 6) is 1.84. The van der Waals surface area contributed by atoms with Crippen molar-refractivity contribution in [1.82, 2.24) is 0 Å². The summed E-state index contributed by atoms with van der Waals surface area (Å²) in [6, 6.07) is 23.0. The fraction of sp³-hybridized carbons (Fsp3) is 0.200. The Balaban J connectivity index is 1.80. The zero-order valence-electron chi connectivity index (χ0n) is 12.4. The van der Waals surface area contributed by atoms with Gasteiger partial charge in [-0.25, -0.2) is 0 Å². The molecule has 3 aromatic rings. The molecule has 0 saturated carbocycles. The number of hydrogen-bond acceptors (Lipinski definition) is 1. The van der Waals surface area contributed by atoms with Crippen LogP contribution in [0.5, 0.6) is 0 Å². The van der Waals surface area contributed by atoms with Crippen LogP contribution in [0.1, 0.15) is 25.3 Å². The third-order valence-electron chi connectivity index (χ3n) is 3.72. The molecule has 0 unspecified atom stereocenters. The van der Waals surface area contributed by atoms with E-state index in [0.717, 1.165) is 29.1 Å². The van der Waals surface area contributed by atoms with Gasteiger partial charge in [0, 0.05) is 11.1 Å². The van der Waals surface area contributed by atoms with E-state index < -0.39 is 0 Å². The standard InChI is InChI=1S/C20H20O/c1-2-3-7-16-10-12-18(13-11-16)20-15-14-19(21-20)17-8-5-4-6-9-17/h4-6,8-15H,2-3,7H2,1H3. The Hall–Kier alpha value is -2.28. The predicted octanol–water partition coefficient (Wildman–Crippen LogP) is 5.96. The van der Waals surface area contributed by atoms with E-state index in [0.29, 0.717) is 0 Å². The van der Waals surface area contributed by atoms with Crippen molar-refractivity contribution < 1.29 is 4.42 Å². The van der Waals surface area contributed by atoms with E-state index in [1.807, 2.05) is 30.3 Å². The van der Waals surface area contributed by atoms with Gasteiger partial charge in [-0.3, -0.25) is 0 Å². The first-order chi connectivity index (χ1) is 10.4. The van der Waals surface area contributed by atoms with Gasteiger partial charge in [0.2, 0.25) is 0 Å². The molecule has 0 fully saturated rings. The molecule has 0 spiro atoms. The van der Waals surface area contributed by atoms with Crippen LogP contribution >= 0.6 is 0 Å². The van der Waals surface area contributed by atoms with Gasteiger partial charge in [-0.15, -0.1) is 0 Å². The van der Waals surface area contributed by atoms with Gasteiger partial charge in [0.1, 0.15) is 11.5 Å². The molecule has 0 saturated heterocycles. The molecule has 0 amide bonds. The molecule has 0 aliphatic heterocycles. The maximum absolute atomic E-state index is 5.98. The molecule has 0 N–H and O–H groups in total. The van der Waals surface area contributed by atoms with Gasteiger partial charge in [-0.2, -0.15) is 0 Å². The minimum absolute atomic E-state index is 0.917. The zero-order valence-corrected chi connectivity index (χ0v) is 12.4. The first-order valence-corrected chi connectivity index (χ1v) is 7.61. The van der Waals surface area contributed by atoms with Crippen LogP contribution < -0.4 is 0 Å². The van der Waals surface area contributed by atoms with Gasteiger partial charge < -0.3 is 4.42 Å². The molecule has 3 rings (SSSR count). The lowest BCUT2D eigenvalue weighted by atomic mass is 10.1. The van der Waals surface area contributed by atoms with Gasteiger partial charge in [0.15, 0.2) is 0 Å². The molecule has 0 bridgehead atoms. The van der Waals surface area contributed by atoms with E-state index in [9.17, 15) is 0 Å². The number of benzene rings is 2. The van der Waals surface area contributed by atoms with Crippen molar-refractivity contribution in [3.05, 3.63) is 72.3 Å². The molecule has 1 nitrogen and oxygen atoms in total. The highest BCUT2D eigenvalue weighted by Crippen LogP contribution is 2.28. The minimum atomic E-state index is 0.917. The highest BCUT2D eigenvalue weighted by Gasteiger charge is 2.06. The number of unbranched alkanes of at least 4 members (excludes halogenated alkanes) is 1. The van der Waals surface area contributed by atoms with Crippen LogP contribution in [0.15, 0.2) is 71.1 Å². The summed E-state index contributed by atoms with van der Waals surface area (Å²) in [6.07, 6.45) is 3.64. The number of rotatable bonds is 5. The summed E-state index contributed by atoms with van der Waals surface area (Å²) in [6.45, 7) is 2.22. The van der Waals surface area contributed by atoms with Gasteiger partial charge in [-0.1, -0.05) is 67.9 Å². The fourth-order valence-corrected chi connectivity index (χ4v) is 2.47. The third kappa shape index (κ3) is 3.25. The topological polar surface area (TPSA) is 13.1 Å². The molecule has 0 radical (unpaired) electrons. The molecular formula is C20H20O. The van der Waals surface area contributed by atoms with E-state index in [2.05, 4.69) is 43.3 Å². The molecule has 1 aromatic heterocycles. The Bertz CT molecular complexity index is 677. The van der Waals surface area contributed by atoms with Crippen LogP contribution in [0, 0.1) is 0 Å². The molecule has 0 aliphatic carbocycles. The largest absolute Gasteiger partial charge is 0.456 e. The molecule has 1 heteroatoms. The Morgan fingerprint density at radius 3 is 1.95 bits per heavy atom. The molecule has 0 atom stereocenters. The molecule has 21 heavy (non-hydrogen) atoms. The molecule has 0 aliphatic rings. The maximum Gasteiger partial charge on any atom is 0.134 e. The number of aryl methyl sites for hydroxylation is 1. The van der Waals surface area contributed by atoms with E-state index in [-0.39, 0.29) is 0 Å². The Morgan fingerprint density at radius 2 is 1.33 bits per heavy atom. The number of furan rings is 1. The molecular weight excluding hydrogens is 256 g/mol. The first-order valence-electron chi connectivity index (χ1n) is 7.61. The van der Waals surface area contributed by atoms with Crippen LogP contribution in [-0.2, 0) is 6.42 Å². The van der Waals surface area contributed by atoms with Gasteiger partial charge >= 0.3 is 0 Å². The quantitative estimate of drug-likeness (QED) is 0.560. The zero-order chi connectivity index (χ0) is 14.5. The maximum atomic E-state index is 5.98. The monoisotopic (exact) mass is 276 g/mol. The lowest BCUT2D eigenvalue weighted by molar-refractivity contribution is 0.597. The van der Waals surface area contributed by atoms with Crippen LogP contribution in [0.25, 0.3) is 22.6 Å². The third-order valence-corrected chi connectivity index (χ3v) is 3.72. The molecule has 106 valence electrons. The van der Waals surface area contributed by atoms with E-state index in [1.54, 1.807) is 0 Å². The Kier molecular flexibility index (Phi) is 4.20. The Labute approximate surface area is 126 Å². The smallest absolute Gasteiger partial charge is 0.134 e. The SMILES string of the molecule is CCCCc1ccc(-c2ccc(-c3ccccc3)o2)cc1. The van der Waals surface area contributed by atoms with Crippen molar-refractivity contribution in [1.29, 1.82) is 0 Å². The van der Waals surface area contributed by atoms with Crippen molar-refractivity contribution >= 4 is 0 Å². The van der Waals surface area contributed by atoms with Gasteiger partial charge in [0.05, 0.1) is 0 Å². The summed E-state index contributed by atoms with van der Waals surface area (Å²) < 4.78 is 5.98. The lowest BCUT2D eigenvalue weighted by Crippen LogP contribution is -1.84. The second kappa shape index (κ2) is 6.45. The molecule has 2 aromatic carbocycles. The van der Waals surface area contributed by atoms with Crippen molar-refractivity contribution in [3.63, 3.8) is 0 Å². The Morgan fingerprint density at radius 1 is 0.714 bits per heavy atom. The first kappa shape index (κ1) is 13.7. The second-order valence-electron chi connectivity index (χ2n) is 5.33. The van der Waals surface area contributed by atoms with Gasteiger partial charge in [-0.05, 0) is 30.5 Å². The molecule has 1 heterocycles. The van der Waals surface area contributed by atoms with Crippen LogP contribution in [0.2, 0.25) is 0 Å². The van der Waals surface area contributed by atoms with Crippen LogP contribution in [0.4, 0.5) is 0 Å². The van der Waals surface area contributed by atoms with E-state index >= 15 is 0 Å². The summed E-state index contributed by atoms with van der Waals surface area (Å²) in [5.41, 5.74) is 3.65. The average molecular weight is 276 g/mol. The van der Waals surface area contributed by atoms with Crippen molar-refractivity contribution in [2.75, 3.05) is 0 Å². The van der Waals surface area contributed by atoms with Gasteiger partial charge in [0.25, 0.3) is 0 Å². The van der Waals surface area contributed by atoms with Crippen molar-refractivity contribution in [2.45, 2.75) is 26.2 Å². The summed E-state index contributed by atoms with van der Waals surface area (Å²) in [4.78, 5) is 0. The summed E-state index contributed by atoms with van der Waals surface area (Å²) >= 11 is 0. The van der Waals surface area contributed by atoms with E-state index in [4.69, 9.17) is 4.42 Å². The predicted molar refractivity (Wildman–Crippen MR) is 88.2 cm³/mol. The highest BCUT2D eigenvalue weighted by atomic mass is 16.3. The number of hydrogen-bond donors (Lipinski definition) is 0. The second-order valence-corrected chi connectivity index (χ2v) is 5.33. The van der Waals surface area contributed by atoms with Crippen molar-refractivity contribution in [3.8, 4) is 22.6 Å². The highest BCUT2D eigenvalue weighted by molar-refractivity contribution is 5.64. The van der Waals surface area contributed by atoms with Crippen LogP contribution in [-0.4, -0.2) is 0 Å². The minimum Gasteiger partial charge on any atom is -0.456 e. The average Bonchev–Trinajstić information content (AvgIpc) is 3.04. The van der Waals surface area contributed by atoms with E-state index in [1.165, 1.54) is 18.4 Å². The van der Waals surface area contributed by atoms with Crippen molar-refractivity contribution in [2.24, 2.45) is 0 Å². The normalized spacial score (nSPS) is 10.7. The lowest BCUT2D eigenvalue weighted by Gasteiger charge is -2.02. The summed E-state index contributed by atoms with van der Waals surface area (Å²) in [7, 11) is 0. The fourth-order valence-electron chi connectivity index (χ4n) is 2.47.